The zero-order chi connectivity index (χ0) is 40.0. The second-order valence-corrected chi connectivity index (χ2v) is 17.5. The number of hydrogen-bond donors (Lipinski definition) is 0. The second-order valence-electron chi connectivity index (χ2n) is 17.5. The lowest BCUT2D eigenvalue weighted by Crippen LogP contribution is -2.15. The Morgan fingerprint density at radius 1 is 0.364 bits per heavy atom. The van der Waals surface area contributed by atoms with Crippen LogP contribution in [0.5, 0.6) is 0 Å². The lowest BCUT2D eigenvalue weighted by Gasteiger charge is -2.09. The Hall–Kier alpha value is -1.25. The Morgan fingerprint density at radius 2 is 0.636 bits per heavy atom. The third kappa shape index (κ3) is 43.7. The molecule has 0 rings (SSSR count). The van der Waals surface area contributed by atoms with Crippen LogP contribution in [0, 0.1) is 5.92 Å². The summed E-state index contributed by atoms with van der Waals surface area (Å²) in [5, 5.41) is 0. The number of unbranched alkanes of at least 4 members (excludes halogenated alkanes) is 36. The molecule has 0 aliphatic heterocycles. The number of Topliss-reactive ketones (excluding diaryl/α,β-unsaturated/α-hetero) is 2. The number of hydrogen-bond acceptors (Lipinski definition) is 3. The van der Waals surface area contributed by atoms with E-state index in [9.17, 15) is 14.4 Å². The van der Waals surface area contributed by atoms with Gasteiger partial charge in [-0.05, 0) is 51.4 Å². The van der Waals surface area contributed by atoms with Gasteiger partial charge in [-0.2, -0.15) is 0 Å². The van der Waals surface area contributed by atoms with Gasteiger partial charge < -0.3 is 0 Å². The molecule has 0 N–H and O–H groups in total. The lowest BCUT2D eigenvalue weighted by molar-refractivity contribution is -0.121. The van der Waals surface area contributed by atoms with E-state index in [2.05, 4.69) is 32.3 Å². The molecule has 1 atom stereocenters. The molecule has 1 unspecified atom stereocenters. The highest BCUT2D eigenvalue weighted by atomic mass is 16.1. The highest BCUT2D eigenvalue weighted by Crippen LogP contribution is 2.18. The fraction of sp³-hybridized carbons (Fsp3) is 0.904. The highest BCUT2D eigenvalue weighted by molar-refractivity contribution is 5.93. The first kappa shape index (κ1) is 53.8. The van der Waals surface area contributed by atoms with Gasteiger partial charge in [0.25, 0.3) is 0 Å². The second kappa shape index (κ2) is 47.1. The number of ketones is 2. The first-order valence-electron chi connectivity index (χ1n) is 25.2. The quantitative estimate of drug-likeness (QED) is 0.0352. The third-order valence-corrected chi connectivity index (χ3v) is 12.0. The molecule has 0 saturated carbocycles. The van der Waals surface area contributed by atoms with Crippen LogP contribution in [0.2, 0.25) is 0 Å². The van der Waals surface area contributed by atoms with Gasteiger partial charge in [-0.1, -0.05) is 238 Å². The topological polar surface area (TPSA) is 51.2 Å². The Labute approximate surface area is 345 Å². The lowest BCUT2D eigenvalue weighted by atomic mass is 9.94. The van der Waals surface area contributed by atoms with Crippen molar-refractivity contribution in [2.45, 2.75) is 296 Å². The van der Waals surface area contributed by atoms with Gasteiger partial charge in [-0.25, -0.2) is 0 Å². The maximum Gasteiger partial charge on any atom is 0.209 e. The molecular weight excluding hydrogens is 673 g/mol. The molecular formula is C52H97O3. The molecule has 0 amide bonds. The van der Waals surface area contributed by atoms with Gasteiger partial charge in [0, 0.05) is 19.3 Å². The van der Waals surface area contributed by atoms with Crippen LogP contribution >= 0.6 is 0 Å². The fourth-order valence-electron chi connectivity index (χ4n) is 8.09. The van der Waals surface area contributed by atoms with Gasteiger partial charge in [0.1, 0.15) is 11.6 Å². The standard InChI is InChI=1S/C52H97O3/c1-3-5-7-9-11-13-15-17-18-23-26-30-34-38-42-46-51(54)47-43-39-35-31-27-24-20-19-22-25-29-33-37-41-45-50(49-53)52(55)48-44-40-36-32-28-21-16-14-12-10-8-6-4-2/h17-18,50H,3-16,19-48H2,1-2H3/b18-17-. The fourth-order valence-corrected chi connectivity index (χ4v) is 8.09. The molecule has 0 saturated heterocycles. The van der Waals surface area contributed by atoms with Crippen molar-refractivity contribution in [1.82, 2.24) is 0 Å². The van der Waals surface area contributed by atoms with Crippen LogP contribution in [0.4, 0.5) is 0 Å². The van der Waals surface area contributed by atoms with Gasteiger partial charge >= 0.3 is 0 Å². The van der Waals surface area contributed by atoms with E-state index in [0.717, 1.165) is 51.4 Å². The molecule has 0 spiro atoms. The molecule has 1 radical (unpaired) electrons. The highest BCUT2D eigenvalue weighted by Gasteiger charge is 2.17. The van der Waals surface area contributed by atoms with Crippen LogP contribution in [0.15, 0.2) is 12.2 Å². The summed E-state index contributed by atoms with van der Waals surface area (Å²) in [6.07, 6.45) is 61.3. The molecule has 0 aliphatic carbocycles. The van der Waals surface area contributed by atoms with Gasteiger partial charge in [0.15, 0.2) is 0 Å². The summed E-state index contributed by atoms with van der Waals surface area (Å²) in [5.74, 6) is 0.145. The number of carbonyl (C=O) groups excluding carboxylic acids is 3. The minimum Gasteiger partial charge on any atom is -0.300 e. The Morgan fingerprint density at radius 3 is 0.964 bits per heavy atom. The minimum atomic E-state index is -0.480. The van der Waals surface area contributed by atoms with E-state index in [1.807, 2.05) is 0 Å². The minimum absolute atomic E-state index is 0.132. The molecule has 0 aromatic carbocycles. The molecule has 3 heteroatoms. The zero-order valence-electron chi connectivity index (χ0n) is 37.6. The average Bonchev–Trinajstić information content (AvgIpc) is 3.19. The van der Waals surface area contributed by atoms with E-state index < -0.39 is 5.92 Å². The summed E-state index contributed by atoms with van der Waals surface area (Å²) in [5.41, 5.74) is 0. The smallest absolute Gasteiger partial charge is 0.209 e. The maximum absolute atomic E-state index is 12.5. The first-order valence-corrected chi connectivity index (χ1v) is 25.2. The van der Waals surface area contributed by atoms with Crippen molar-refractivity contribution in [3.05, 3.63) is 12.2 Å². The third-order valence-electron chi connectivity index (χ3n) is 12.0. The van der Waals surface area contributed by atoms with Crippen LogP contribution in [0.3, 0.4) is 0 Å². The summed E-state index contributed by atoms with van der Waals surface area (Å²) < 4.78 is 0. The van der Waals surface area contributed by atoms with Crippen LogP contribution in [-0.2, 0) is 14.4 Å². The zero-order valence-corrected chi connectivity index (χ0v) is 37.6. The Balaban J connectivity index is 3.38. The normalized spacial score (nSPS) is 12.2. The molecule has 0 bridgehead atoms. The van der Waals surface area contributed by atoms with Crippen molar-refractivity contribution < 1.29 is 14.4 Å². The monoisotopic (exact) mass is 770 g/mol. The Bertz CT molecular complexity index is 816. The van der Waals surface area contributed by atoms with Crippen LogP contribution in [0.25, 0.3) is 0 Å². The molecule has 0 heterocycles. The van der Waals surface area contributed by atoms with E-state index in [1.165, 1.54) is 218 Å². The van der Waals surface area contributed by atoms with Crippen molar-refractivity contribution >= 4 is 17.9 Å². The van der Waals surface area contributed by atoms with Gasteiger partial charge in [-0.3, -0.25) is 14.4 Å². The van der Waals surface area contributed by atoms with Gasteiger partial charge in [-0.15, -0.1) is 0 Å². The summed E-state index contributed by atoms with van der Waals surface area (Å²) in [6, 6.07) is 0. The van der Waals surface area contributed by atoms with Crippen LogP contribution in [-0.4, -0.2) is 17.9 Å². The van der Waals surface area contributed by atoms with Crippen molar-refractivity contribution in [2.24, 2.45) is 5.92 Å². The van der Waals surface area contributed by atoms with Crippen LogP contribution < -0.4 is 0 Å². The van der Waals surface area contributed by atoms with E-state index in [0.29, 0.717) is 18.6 Å². The van der Waals surface area contributed by atoms with Gasteiger partial charge in [0.2, 0.25) is 6.29 Å². The van der Waals surface area contributed by atoms with Gasteiger partial charge in [0.05, 0.1) is 5.92 Å². The number of carbonyl (C=O) groups is 2. The molecule has 55 heavy (non-hydrogen) atoms. The predicted octanol–water partition coefficient (Wildman–Crippen LogP) is 17.6. The Kier molecular flexibility index (Phi) is 46.1. The first-order chi connectivity index (χ1) is 27.2. The molecule has 0 aliphatic rings. The molecule has 0 aromatic rings. The summed E-state index contributed by atoms with van der Waals surface area (Å²) >= 11 is 0. The average molecular weight is 770 g/mol. The van der Waals surface area contributed by atoms with Crippen molar-refractivity contribution in [2.75, 3.05) is 0 Å². The number of allylic oxidation sites excluding steroid dienone is 2. The van der Waals surface area contributed by atoms with Crippen molar-refractivity contribution in [1.29, 1.82) is 0 Å². The summed E-state index contributed by atoms with van der Waals surface area (Å²) in [4.78, 5) is 36.2. The number of rotatable bonds is 48. The maximum atomic E-state index is 12.5. The van der Waals surface area contributed by atoms with Crippen molar-refractivity contribution in [3.63, 3.8) is 0 Å². The van der Waals surface area contributed by atoms with E-state index in [4.69, 9.17) is 0 Å². The molecule has 0 aromatic heterocycles. The van der Waals surface area contributed by atoms with E-state index in [1.54, 1.807) is 0 Å². The SMILES string of the molecule is CCCCCCCC/C=C\CCCCCCCC(=O)CCCCCCCCCCCCCCCCC([C]=O)C(=O)CCCCCCCCCCCCCCC. The van der Waals surface area contributed by atoms with Crippen LogP contribution in [0.1, 0.15) is 296 Å². The van der Waals surface area contributed by atoms with E-state index >= 15 is 0 Å². The molecule has 3 nitrogen and oxygen atoms in total. The molecule has 0 fully saturated rings. The predicted molar refractivity (Wildman–Crippen MR) is 243 cm³/mol. The molecule has 323 valence electrons. The van der Waals surface area contributed by atoms with Crippen molar-refractivity contribution in [3.8, 4) is 0 Å². The summed E-state index contributed by atoms with van der Waals surface area (Å²) in [7, 11) is 0. The largest absolute Gasteiger partial charge is 0.300 e. The summed E-state index contributed by atoms with van der Waals surface area (Å²) in [6.45, 7) is 4.55. The van der Waals surface area contributed by atoms with E-state index in [-0.39, 0.29) is 5.78 Å².